The van der Waals surface area contributed by atoms with Gasteiger partial charge in [0.1, 0.15) is 0 Å². The number of carbonyl (C=O) groups is 1. The van der Waals surface area contributed by atoms with E-state index in [1.54, 1.807) is 0 Å². The first-order valence-electron chi connectivity index (χ1n) is 7.90. The van der Waals surface area contributed by atoms with Gasteiger partial charge in [0.05, 0.1) is 22.6 Å². The molecule has 0 unspecified atom stereocenters. The van der Waals surface area contributed by atoms with Gasteiger partial charge in [0.25, 0.3) is 5.91 Å². The maximum atomic E-state index is 12.4. The van der Waals surface area contributed by atoms with Crippen LogP contribution in [0.4, 0.5) is 0 Å². The van der Waals surface area contributed by atoms with E-state index in [0.717, 1.165) is 29.9 Å². The van der Waals surface area contributed by atoms with Crippen LogP contribution in [-0.4, -0.2) is 22.2 Å². The third-order valence-electron chi connectivity index (χ3n) is 3.76. The van der Waals surface area contributed by atoms with E-state index in [9.17, 15) is 4.79 Å². The highest BCUT2D eigenvalue weighted by molar-refractivity contribution is 5.96. The van der Waals surface area contributed by atoms with Crippen LogP contribution in [0.3, 0.4) is 0 Å². The van der Waals surface area contributed by atoms with Gasteiger partial charge in [-0.25, -0.2) is 4.68 Å². The van der Waals surface area contributed by atoms with E-state index in [4.69, 9.17) is 0 Å². The van der Waals surface area contributed by atoms with E-state index in [-0.39, 0.29) is 5.91 Å². The van der Waals surface area contributed by atoms with E-state index in [1.807, 2.05) is 48.9 Å². The molecule has 118 valence electrons. The van der Waals surface area contributed by atoms with Gasteiger partial charge in [-0.05, 0) is 44.7 Å². The summed E-state index contributed by atoms with van der Waals surface area (Å²) in [5.41, 5.74) is 3.31. The molecule has 1 heterocycles. The van der Waals surface area contributed by atoms with Gasteiger partial charge < -0.3 is 5.32 Å². The van der Waals surface area contributed by atoms with Crippen molar-refractivity contribution in [2.75, 3.05) is 6.54 Å². The molecular formula is C18H25N3O. The smallest absolute Gasteiger partial charge is 0.255 e. The Morgan fingerprint density at radius 2 is 1.91 bits per heavy atom. The minimum absolute atomic E-state index is 0.0269. The molecule has 1 aromatic carbocycles. The Labute approximate surface area is 132 Å². The molecule has 2 rings (SSSR count). The maximum Gasteiger partial charge on any atom is 0.255 e. The predicted octanol–water partition coefficient (Wildman–Crippen LogP) is 3.66. The molecular weight excluding hydrogens is 274 g/mol. The molecule has 0 saturated carbocycles. The summed E-state index contributed by atoms with van der Waals surface area (Å²) in [7, 11) is 0. The van der Waals surface area contributed by atoms with Gasteiger partial charge in [-0.15, -0.1) is 0 Å². The van der Waals surface area contributed by atoms with Crippen molar-refractivity contribution < 1.29 is 4.79 Å². The highest BCUT2D eigenvalue weighted by Crippen LogP contribution is 2.17. The molecule has 0 radical (unpaired) electrons. The quantitative estimate of drug-likeness (QED) is 0.828. The summed E-state index contributed by atoms with van der Waals surface area (Å²) in [6, 6.07) is 9.89. The maximum absolute atomic E-state index is 12.4. The van der Waals surface area contributed by atoms with E-state index in [0.29, 0.717) is 18.0 Å². The fraction of sp³-hybridized carbons (Fsp3) is 0.444. The highest BCUT2D eigenvalue weighted by atomic mass is 16.1. The molecule has 0 saturated heterocycles. The summed E-state index contributed by atoms with van der Waals surface area (Å²) in [5.74, 6) is 0.641. The van der Waals surface area contributed by atoms with Crippen LogP contribution in [0.1, 0.15) is 48.4 Å². The van der Waals surface area contributed by atoms with Crippen LogP contribution in [0.15, 0.2) is 30.3 Å². The number of amides is 1. The van der Waals surface area contributed by atoms with E-state index >= 15 is 0 Å². The first-order valence-corrected chi connectivity index (χ1v) is 7.90. The van der Waals surface area contributed by atoms with Crippen LogP contribution >= 0.6 is 0 Å². The summed E-state index contributed by atoms with van der Waals surface area (Å²) >= 11 is 0. The lowest BCUT2D eigenvalue weighted by molar-refractivity contribution is 0.0951. The van der Waals surface area contributed by atoms with Crippen LogP contribution in [0.2, 0.25) is 0 Å². The number of aromatic nitrogens is 2. The molecule has 4 heteroatoms. The van der Waals surface area contributed by atoms with Crippen molar-refractivity contribution in [1.82, 2.24) is 15.1 Å². The lowest BCUT2D eigenvalue weighted by atomic mass is 10.1. The van der Waals surface area contributed by atoms with E-state index in [1.165, 1.54) is 0 Å². The molecule has 0 aliphatic rings. The topological polar surface area (TPSA) is 46.9 Å². The predicted molar refractivity (Wildman–Crippen MR) is 89.4 cm³/mol. The van der Waals surface area contributed by atoms with Gasteiger partial charge in [0.2, 0.25) is 0 Å². The standard InChI is InChI=1S/C18H25N3O/c1-13(2)9-8-12-19-18(22)17-14(3)20-21(15(17)4)16-10-6-5-7-11-16/h5-7,10-11,13H,8-9,12H2,1-4H3,(H,19,22). The van der Waals surface area contributed by atoms with Crippen molar-refractivity contribution in [1.29, 1.82) is 0 Å². The SMILES string of the molecule is Cc1nn(-c2ccccc2)c(C)c1C(=O)NCCCC(C)C. The van der Waals surface area contributed by atoms with Gasteiger partial charge in [-0.2, -0.15) is 5.10 Å². The summed E-state index contributed by atoms with van der Waals surface area (Å²) < 4.78 is 1.83. The first kappa shape index (κ1) is 16.3. The number of carbonyl (C=O) groups excluding carboxylic acids is 1. The average Bonchev–Trinajstić information content (AvgIpc) is 2.79. The average molecular weight is 299 g/mol. The van der Waals surface area contributed by atoms with Gasteiger partial charge >= 0.3 is 0 Å². The Morgan fingerprint density at radius 3 is 2.55 bits per heavy atom. The van der Waals surface area contributed by atoms with Gasteiger partial charge in [0.15, 0.2) is 0 Å². The monoisotopic (exact) mass is 299 g/mol. The Balaban J connectivity index is 2.12. The molecule has 2 aromatic rings. The van der Waals surface area contributed by atoms with Crippen molar-refractivity contribution in [2.24, 2.45) is 5.92 Å². The second kappa shape index (κ2) is 7.25. The molecule has 0 fully saturated rings. The fourth-order valence-electron chi connectivity index (χ4n) is 2.59. The number of rotatable bonds is 6. The summed E-state index contributed by atoms with van der Waals surface area (Å²) in [6.45, 7) is 8.93. The molecule has 22 heavy (non-hydrogen) atoms. The van der Waals surface area contributed by atoms with Crippen LogP contribution < -0.4 is 5.32 Å². The van der Waals surface area contributed by atoms with Crippen LogP contribution in [0.5, 0.6) is 0 Å². The molecule has 1 aromatic heterocycles. The largest absolute Gasteiger partial charge is 0.352 e. The number of hydrogen-bond donors (Lipinski definition) is 1. The second-order valence-corrected chi connectivity index (χ2v) is 6.09. The summed E-state index contributed by atoms with van der Waals surface area (Å²) in [4.78, 5) is 12.4. The highest BCUT2D eigenvalue weighted by Gasteiger charge is 2.18. The molecule has 1 N–H and O–H groups in total. The lowest BCUT2D eigenvalue weighted by Crippen LogP contribution is -2.25. The number of nitrogens with zero attached hydrogens (tertiary/aromatic N) is 2. The summed E-state index contributed by atoms with van der Waals surface area (Å²) in [5, 5.41) is 7.52. The van der Waals surface area contributed by atoms with E-state index in [2.05, 4.69) is 24.3 Å². The molecule has 4 nitrogen and oxygen atoms in total. The molecule has 0 atom stereocenters. The van der Waals surface area contributed by atoms with Crippen LogP contribution in [0, 0.1) is 19.8 Å². The van der Waals surface area contributed by atoms with Crippen molar-refractivity contribution >= 4 is 5.91 Å². The molecule has 0 spiro atoms. The summed E-state index contributed by atoms with van der Waals surface area (Å²) in [6.07, 6.45) is 2.13. The normalized spacial score (nSPS) is 11.0. The van der Waals surface area contributed by atoms with Gasteiger partial charge in [-0.3, -0.25) is 4.79 Å². The zero-order chi connectivity index (χ0) is 16.1. The van der Waals surface area contributed by atoms with Gasteiger partial charge in [-0.1, -0.05) is 32.0 Å². The van der Waals surface area contributed by atoms with Crippen LogP contribution in [0.25, 0.3) is 5.69 Å². The zero-order valence-corrected chi connectivity index (χ0v) is 13.9. The third kappa shape index (κ3) is 3.75. The van der Waals surface area contributed by atoms with E-state index < -0.39 is 0 Å². The zero-order valence-electron chi connectivity index (χ0n) is 13.9. The second-order valence-electron chi connectivity index (χ2n) is 6.09. The Morgan fingerprint density at radius 1 is 1.23 bits per heavy atom. The fourth-order valence-corrected chi connectivity index (χ4v) is 2.59. The number of nitrogens with one attached hydrogen (secondary N) is 1. The Bertz CT molecular complexity index is 629. The minimum Gasteiger partial charge on any atom is -0.352 e. The van der Waals surface area contributed by atoms with Crippen molar-refractivity contribution in [3.8, 4) is 5.69 Å². The number of hydrogen-bond acceptors (Lipinski definition) is 2. The van der Waals surface area contributed by atoms with Crippen molar-refractivity contribution in [3.63, 3.8) is 0 Å². The van der Waals surface area contributed by atoms with Gasteiger partial charge in [0, 0.05) is 6.54 Å². The Hall–Kier alpha value is -2.10. The molecule has 0 bridgehead atoms. The van der Waals surface area contributed by atoms with Crippen LogP contribution in [-0.2, 0) is 0 Å². The minimum atomic E-state index is -0.0269. The molecule has 0 aliphatic carbocycles. The third-order valence-corrected chi connectivity index (χ3v) is 3.76. The number of para-hydroxylation sites is 1. The molecule has 1 amide bonds. The lowest BCUT2D eigenvalue weighted by Gasteiger charge is -2.08. The number of benzene rings is 1. The Kier molecular flexibility index (Phi) is 5.36. The number of aryl methyl sites for hydroxylation is 1. The first-order chi connectivity index (χ1) is 10.5. The molecule has 0 aliphatic heterocycles. The van der Waals surface area contributed by atoms with Crippen molar-refractivity contribution in [2.45, 2.75) is 40.5 Å². The van der Waals surface area contributed by atoms with Crippen molar-refractivity contribution in [3.05, 3.63) is 47.3 Å².